The van der Waals surface area contributed by atoms with Crippen LogP contribution in [0.2, 0.25) is 0 Å². The number of hydrogen-bond acceptors (Lipinski definition) is 1. The number of thioether (sulfide) groups is 1. The Morgan fingerprint density at radius 2 is 1.19 bits per heavy atom. The largest absolute Gasteiger partial charge is 0.126 e. The van der Waals surface area contributed by atoms with Crippen LogP contribution in [0.15, 0.2) is 95.9 Å². The maximum atomic E-state index is 2.51. The molecule has 37 heavy (non-hydrogen) atoms. The maximum absolute atomic E-state index is 2.51. The average molecular weight is 507 g/mol. The first kappa shape index (κ1) is 27.3. The molecule has 0 radical (unpaired) electrons. The minimum atomic E-state index is -0.230. The van der Waals surface area contributed by atoms with Crippen molar-refractivity contribution in [2.24, 2.45) is 5.92 Å². The Kier molecular flexibility index (Phi) is 8.98. The van der Waals surface area contributed by atoms with Crippen molar-refractivity contribution in [2.45, 2.75) is 71.1 Å². The smallest absolute Gasteiger partial charge is 0.0719 e. The van der Waals surface area contributed by atoms with Gasteiger partial charge in [-0.3, -0.25) is 0 Å². The van der Waals surface area contributed by atoms with E-state index in [1.165, 1.54) is 68.0 Å². The number of benzene rings is 4. The van der Waals surface area contributed by atoms with Crippen molar-refractivity contribution in [3.63, 3.8) is 0 Å². The molecule has 0 aliphatic heterocycles. The molecule has 0 fully saturated rings. The summed E-state index contributed by atoms with van der Waals surface area (Å²) in [6.07, 6.45) is 3.51. The van der Waals surface area contributed by atoms with Crippen LogP contribution in [0.25, 0.3) is 11.1 Å². The summed E-state index contributed by atoms with van der Waals surface area (Å²) in [7, 11) is 0. The van der Waals surface area contributed by atoms with Crippen LogP contribution < -0.4 is 0 Å². The number of fused-ring (bicyclic) bond motifs is 9. The van der Waals surface area contributed by atoms with Crippen LogP contribution in [0, 0.1) is 5.92 Å². The van der Waals surface area contributed by atoms with Crippen molar-refractivity contribution < 1.29 is 0 Å². The molecule has 0 N–H and O–H groups in total. The Morgan fingerprint density at radius 3 is 1.78 bits per heavy atom. The lowest BCUT2D eigenvalue weighted by atomic mass is 9.61. The van der Waals surface area contributed by atoms with E-state index in [0.717, 1.165) is 12.3 Å². The molecule has 192 valence electrons. The molecule has 0 heterocycles. The van der Waals surface area contributed by atoms with Crippen molar-refractivity contribution in [3.8, 4) is 11.1 Å². The SMILES string of the molecule is CC.CC(C)CCSc1ccc2c(c1)C1(c3ccccc3C2)c2ccccc2-c2ccccc21.CCC. The molecule has 0 atom stereocenters. The Morgan fingerprint density at radius 1 is 0.676 bits per heavy atom. The third kappa shape index (κ3) is 4.91. The topological polar surface area (TPSA) is 0 Å². The molecule has 0 aromatic heterocycles. The Hall–Kier alpha value is -2.77. The van der Waals surface area contributed by atoms with E-state index in [-0.39, 0.29) is 5.41 Å². The van der Waals surface area contributed by atoms with Gasteiger partial charge in [-0.05, 0) is 81.2 Å². The lowest BCUT2D eigenvalue weighted by Crippen LogP contribution is -2.34. The zero-order valence-electron chi connectivity index (χ0n) is 23.5. The number of hydrogen-bond donors (Lipinski definition) is 0. The zero-order valence-corrected chi connectivity index (χ0v) is 24.3. The summed E-state index contributed by atoms with van der Waals surface area (Å²) in [5.41, 5.74) is 11.2. The van der Waals surface area contributed by atoms with Crippen LogP contribution in [0.5, 0.6) is 0 Å². The molecule has 0 saturated carbocycles. The minimum Gasteiger partial charge on any atom is -0.126 e. The van der Waals surface area contributed by atoms with E-state index in [1.54, 1.807) is 0 Å². The van der Waals surface area contributed by atoms with Crippen molar-refractivity contribution in [3.05, 3.63) is 124 Å². The zero-order chi connectivity index (χ0) is 26.4. The quantitative estimate of drug-likeness (QED) is 0.214. The molecular weight excluding hydrogens is 464 g/mol. The molecule has 2 aliphatic rings. The van der Waals surface area contributed by atoms with Gasteiger partial charge in [0, 0.05) is 4.90 Å². The van der Waals surface area contributed by atoms with Gasteiger partial charge in [-0.25, -0.2) is 0 Å². The summed E-state index contributed by atoms with van der Waals surface area (Å²) < 4.78 is 0. The van der Waals surface area contributed by atoms with Crippen LogP contribution in [-0.4, -0.2) is 5.75 Å². The fourth-order valence-corrected chi connectivity index (χ4v) is 6.96. The summed E-state index contributed by atoms with van der Waals surface area (Å²) in [4.78, 5) is 1.39. The second-order valence-corrected chi connectivity index (χ2v) is 11.4. The molecule has 0 nitrogen and oxygen atoms in total. The summed E-state index contributed by atoms with van der Waals surface area (Å²) in [6, 6.07) is 34.5. The highest BCUT2D eigenvalue weighted by Crippen LogP contribution is 2.59. The highest BCUT2D eigenvalue weighted by atomic mass is 32.2. The van der Waals surface area contributed by atoms with E-state index in [0.29, 0.717) is 0 Å². The first-order valence-electron chi connectivity index (χ1n) is 14.1. The van der Waals surface area contributed by atoms with Gasteiger partial charge in [-0.1, -0.05) is 127 Å². The molecule has 0 saturated heterocycles. The normalized spacial score (nSPS) is 13.4. The first-order chi connectivity index (χ1) is 18.1. The van der Waals surface area contributed by atoms with Crippen LogP contribution in [0.3, 0.4) is 0 Å². The van der Waals surface area contributed by atoms with Gasteiger partial charge in [-0.2, -0.15) is 0 Å². The van der Waals surface area contributed by atoms with Gasteiger partial charge in [0.15, 0.2) is 0 Å². The number of rotatable bonds is 4. The second-order valence-electron chi connectivity index (χ2n) is 10.2. The standard InChI is InChI=1S/C31H28S.C3H8.C2H6/c1-21(2)17-18-32-24-16-15-23-19-22-9-3-6-12-27(22)31(30(23)20-24)28-13-7-4-10-25(28)26-11-5-8-14-29(26)31;1-3-2;1-2/h3-16,20-21H,17-19H2,1-2H3;3H2,1-2H3;1-2H3. The Bertz CT molecular complexity index is 1280. The molecule has 6 rings (SSSR count). The summed E-state index contributed by atoms with van der Waals surface area (Å²) in [5, 5.41) is 0. The predicted molar refractivity (Wildman–Crippen MR) is 164 cm³/mol. The molecular formula is C36H42S. The van der Waals surface area contributed by atoms with E-state index < -0.39 is 0 Å². The molecule has 4 aromatic carbocycles. The minimum absolute atomic E-state index is 0.230. The Labute approximate surface area is 229 Å². The second kappa shape index (κ2) is 12.2. The lowest BCUT2D eigenvalue weighted by molar-refractivity contribution is 0.632. The highest BCUT2D eigenvalue weighted by molar-refractivity contribution is 7.99. The summed E-state index contributed by atoms with van der Waals surface area (Å²) in [5.74, 6) is 1.92. The van der Waals surface area contributed by atoms with E-state index in [9.17, 15) is 0 Å². The highest BCUT2D eigenvalue weighted by Gasteiger charge is 2.49. The van der Waals surface area contributed by atoms with E-state index in [1.807, 2.05) is 25.6 Å². The Balaban J connectivity index is 0.000000599. The van der Waals surface area contributed by atoms with E-state index in [4.69, 9.17) is 0 Å². The van der Waals surface area contributed by atoms with E-state index in [2.05, 4.69) is 119 Å². The average Bonchev–Trinajstić information content (AvgIpc) is 3.22. The monoisotopic (exact) mass is 506 g/mol. The van der Waals surface area contributed by atoms with Gasteiger partial charge in [0.1, 0.15) is 0 Å². The van der Waals surface area contributed by atoms with Crippen molar-refractivity contribution >= 4 is 11.8 Å². The van der Waals surface area contributed by atoms with Crippen molar-refractivity contribution in [2.75, 3.05) is 5.75 Å². The van der Waals surface area contributed by atoms with Gasteiger partial charge < -0.3 is 0 Å². The molecule has 0 bridgehead atoms. The summed E-state index contributed by atoms with van der Waals surface area (Å²) >= 11 is 2.01. The molecule has 1 heteroatoms. The van der Waals surface area contributed by atoms with Crippen LogP contribution >= 0.6 is 11.8 Å². The fraction of sp³-hybridized carbons (Fsp3) is 0.333. The molecule has 0 amide bonds. The van der Waals surface area contributed by atoms with Gasteiger partial charge in [-0.15, -0.1) is 11.8 Å². The molecule has 1 spiro atoms. The van der Waals surface area contributed by atoms with Crippen molar-refractivity contribution in [1.82, 2.24) is 0 Å². The van der Waals surface area contributed by atoms with Gasteiger partial charge in [0.05, 0.1) is 5.41 Å². The third-order valence-corrected chi connectivity index (χ3v) is 8.23. The van der Waals surface area contributed by atoms with Crippen LogP contribution in [0.1, 0.15) is 87.8 Å². The maximum Gasteiger partial charge on any atom is 0.0719 e. The van der Waals surface area contributed by atoms with Gasteiger partial charge in [0.2, 0.25) is 0 Å². The van der Waals surface area contributed by atoms with Crippen molar-refractivity contribution in [1.29, 1.82) is 0 Å². The van der Waals surface area contributed by atoms with E-state index >= 15 is 0 Å². The fourth-order valence-electron chi connectivity index (χ4n) is 5.77. The molecule has 0 unspecified atom stereocenters. The molecule has 4 aromatic rings. The van der Waals surface area contributed by atoms with Crippen LogP contribution in [-0.2, 0) is 11.8 Å². The predicted octanol–water partition coefficient (Wildman–Crippen LogP) is 10.5. The lowest BCUT2D eigenvalue weighted by Gasteiger charge is -2.40. The molecule has 2 aliphatic carbocycles. The van der Waals surface area contributed by atoms with Gasteiger partial charge >= 0.3 is 0 Å². The third-order valence-electron chi connectivity index (χ3n) is 7.20. The summed E-state index contributed by atoms with van der Waals surface area (Å²) in [6.45, 7) is 12.9. The first-order valence-corrected chi connectivity index (χ1v) is 15.1. The van der Waals surface area contributed by atoms with Gasteiger partial charge in [0.25, 0.3) is 0 Å². The van der Waals surface area contributed by atoms with Crippen LogP contribution in [0.4, 0.5) is 0 Å².